The third-order valence-corrected chi connectivity index (χ3v) is 4.80. The highest BCUT2D eigenvalue weighted by Gasteiger charge is 2.29. The Hall–Kier alpha value is -1.87. The zero-order chi connectivity index (χ0) is 17.4. The number of nitrogens with zero attached hydrogens (tertiary/aromatic N) is 2. The van der Waals surface area contributed by atoms with E-state index in [1.807, 2.05) is 0 Å². The number of aromatic amines is 1. The second kappa shape index (κ2) is 6.32. The number of rotatable bonds is 5. The summed E-state index contributed by atoms with van der Waals surface area (Å²) >= 11 is 0. The molecule has 0 saturated heterocycles. The average molecular weight is 344 g/mol. The Bertz CT molecular complexity index is 818. The average Bonchev–Trinajstić information content (AvgIpc) is 2.86. The molecule has 0 saturated carbocycles. The highest BCUT2D eigenvalue weighted by atomic mass is 32.2. The van der Waals surface area contributed by atoms with Crippen LogP contribution in [0.15, 0.2) is 17.0 Å². The van der Waals surface area contributed by atoms with Crippen molar-refractivity contribution in [3.8, 4) is 0 Å². The van der Waals surface area contributed by atoms with E-state index < -0.39 is 32.6 Å². The molecule has 126 valence electrons. The van der Waals surface area contributed by atoms with E-state index in [0.717, 1.165) is 6.07 Å². The first-order valence-corrected chi connectivity index (χ1v) is 8.47. The van der Waals surface area contributed by atoms with Gasteiger partial charge >= 0.3 is 0 Å². The number of aromatic nitrogens is 3. The molecule has 0 unspecified atom stereocenters. The molecule has 0 aliphatic heterocycles. The summed E-state index contributed by atoms with van der Waals surface area (Å²) in [5, 5.41) is 6.59. The number of sulfonamides is 1. The van der Waals surface area contributed by atoms with E-state index in [4.69, 9.17) is 0 Å². The molecule has 2 rings (SSSR count). The van der Waals surface area contributed by atoms with Crippen LogP contribution in [-0.2, 0) is 10.0 Å². The van der Waals surface area contributed by atoms with Crippen molar-refractivity contribution in [3.05, 3.63) is 41.0 Å². The van der Waals surface area contributed by atoms with Gasteiger partial charge < -0.3 is 0 Å². The maximum Gasteiger partial charge on any atom is 0.244 e. The molecule has 1 aromatic heterocycles. The number of H-pyrrole nitrogens is 1. The standard InChI is InChI=1S/C14H18F2N4O2S/c1-7(2)13(14-17-9(4)18-19-14)20-23(21,22)12-5-8(3)10(15)6-11(12)16/h5-7,13,20H,1-4H3,(H,17,18,19)/t13-/m0/s1. The van der Waals surface area contributed by atoms with E-state index in [0.29, 0.717) is 11.9 Å². The first-order valence-electron chi connectivity index (χ1n) is 6.98. The van der Waals surface area contributed by atoms with Gasteiger partial charge in [0.1, 0.15) is 22.4 Å². The quantitative estimate of drug-likeness (QED) is 0.872. The Morgan fingerprint density at radius 3 is 2.35 bits per heavy atom. The lowest BCUT2D eigenvalue weighted by Gasteiger charge is -2.19. The van der Waals surface area contributed by atoms with Gasteiger partial charge in [-0.3, -0.25) is 5.10 Å². The van der Waals surface area contributed by atoms with Gasteiger partial charge in [0.15, 0.2) is 5.82 Å². The van der Waals surface area contributed by atoms with Gasteiger partial charge in [0.25, 0.3) is 0 Å². The maximum absolute atomic E-state index is 13.9. The third-order valence-electron chi connectivity index (χ3n) is 3.34. The Kier molecular flexibility index (Phi) is 4.81. The van der Waals surface area contributed by atoms with Crippen molar-refractivity contribution >= 4 is 10.0 Å². The molecule has 23 heavy (non-hydrogen) atoms. The van der Waals surface area contributed by atoms with Crippen molar-refractivity contribution in [3.63, 3.8) is 0 Å². The van der Waals surface area contributed by atoms with Gasteiger partial charge in [0.05, 0.1) is 6.04 Å². The van der Waals surface area contributed by atoms with Gasteiger partial charge in [-0.1, -0.05) is 13.8 Å². The Labute approximate surface area is 133 Å². The van der Waals surface area contributed by atoms with Crippen molar-refractivity contribution in [1.29, 1.82) is 0 Å². The lowest BCUT2D eigenvalue weighted by molar-refractivity contribution is 0.442. The highest BCUT2D eigenvalue weighted by Crippen LogP contribution is 2.24. The highest BCUT2D eigenvalue weighted by molar-refractivity contribution is 7.89. The minimum Gasteiger partial charge on any atom is -0.263 e. The topological polar surface area (TPSA) is 87.7 Å². The molecule has 1 heterocycles. The fourth-order valence-corrected chi connectivity index (χ4v) is 3.54. The predicted octanol–water partition coefficient (Wildman–Crippen LogP) is 2.38. The summed E-state index contributed by atoms with van der Waals surface area (Å²) in [4.78, 5) is 3.51. The largest absolute Gasteiger partial charge is 0.263 e. The van der Waals surface area contributed by atoms with E-state index in [1.165, 1.54) is 6.92 Å². The SMILES string of the molecule is Cc1nc([C@@H](NS(=O)(=O)c2cc(C)c(F)cc2F)C(C)C)n[nH]1. The van der Waals surface area contributed by atoms with Crippen LogP contribution in [0.2, 0.25) is 0 Å². The molecular formula is C14H18F2N4O2S. The Morgan fingerprint density at radius 2 is 1.83 bits per heavy atom. The molecule has 2 N–H and O–H groups in total. The predicted molar refractivity (Wildman–Crippen MR) is 80.1 cm³/mol. The molecule has 0 aliphatic rings. The van der Waals surface area contributed by atoms with Crippen LogP contribution in [0, 0.1) is 31.4 Å². The zero-order valence-electron chi connectivity index (χ0n) is 13.2. The van der Waals surface area contributed by atoms with Crippen molar-refractivity contribution < 1.29 is 17.2 Å². The summed E-state index contributed by atoms with van der Waals surface area (Å²) in [7, 11) is -4.20. The summed E-state index contributed by atoms with van der Waals surface area (Å²) in [5.41, 5.74) is 0.0432. The van der Waals surface area contributed by atoms with Crippen LogP contribution >= 0.6 is 0 Å². The van der Waals surface area contributed by atoms with Gasteiger partial charge in [0.2, 0.25) is 10.0 Å². The van der Waals surface area contributed by atoms with E-state index in [1.54, 1.807) is 20.8 Å². The molecule has 0 radical (unpaired) electrons. The van der Waals surface area contributed by atoms with E-state index in [-0.39, 0.29) is 17.3 Å². The summed E-state index contributed by atoms with van der Waals surface area (Å²) < 4.78 is 54.5. The van der Waals surface area contributed by atoms with Crippen LogP contribution in [0.1, 0.15) is 37.1 Å². The second-order valence-electron chi connectivity index (χ2n) is 5.65. The maximum atomic E-state index is 13.9. The van der Waals surface area contributed by atoms with Crippen LogP contribution in [0.5, 0.6) is 0 Å². The van der Waals surface area contributed by atoms with Crippen molar-refractivity contribution in [1.82, 2.24) is 19.9 Å². The number of halogens is 2. The minimum absolute atomic E-state index is 0.0432. The second-order valence-corrected chi connectivity index (χ2v) is 7.34. The van der Waals surface area contributed by atoms with E-state index in [9.17, 15) is 17.2 Å². The number of aryl methyl sites for hydroxylation is 2. The van der Waals surface area contributed by atoms with Gasteiger partial charge in [-0.25, -0.2) is 22.2 Å². The summed E-state index contributed by atoms with van der Waals surface area (Å²) in [6, 6.07) is 0.786. The van der Waals surface area contributed by atoms with E-state index in [2.05, 4.69) is 19.9 Å². The van der Waals surface area contributed by atoms with Crippen LogP contribution in [-0.4, -0.2) is 23.6 Å². The van der Waals surface area contributed by atoms with Gasteiger partial charge in [-0.2, -0.15) is 9.82 Å². The molecule has 0 spiro atoms. The number of benzene rings is 1. The normalized spacial score (nSPS) is 13.5. The smallest absolute Gasteiger partial charge is 0.244 e. The van der Waals surface area contributed by atoms with Gasteiger partial charge in [0, 0.05) is 6.07 Å². The Morgan fingerprint density at radius 1 is 1.17 bits per heavy atom. The lowest BCUT2D eigenvalue weighted by Crippen LogP contribution is -2.33. The lowest BCUT2D eigenvalue weighted by atomic mass is 10.1. The first kappa shape index (κ1) is 17.5. The molecule has 0 fully saturated rings. The molecular weight excluding hydrogens is 326 g/mol. The molecule has 0 bridgehead atoms. The fraction of sp³-hybridized carbons (Fsp3) is 0.429. The number of hydrogen-bond donors (Lipinski definition) is 2. The molecule has 9 heteroatoms. The van der Waals surface area contributed by atoms with Crippen molar-refractivity contribution in [2.45, 2.75) is 38.6 Å². The molecule has 1 atom stereocenters. The van der Waals surface area contributed by atoms with E-state index >= 15 is 0 Å². The van der Waals surface area contributed by atoms with Gasteiger partial charge in [-0.15, -0.1) is 0 Å². The summed E-state index contributed by atoms with van der Waals surface area (Å²) in [5.74, 6) is -1.32. The van der Waals surface area contributed by atoms with Crippen molar-refractivity contribution in [2.24, 2.45) is 5.92 Å². The summed E-state index contributed by atoms with van der Waals surface area (Å²) in [6.45, 7) is 6.62. The van der Waals surface area contributed by atoms with Gasteiger partial charge in [-0.05, 0) is 31.4 Å². The third kappa shape index (κ3) is 3.73. The zero-order valence-corrected chi connectivity index (χ0v) is 14.0. The molecule has 0 amide bonds. The fourth-order valence-electron chi connectivity index (χ4n) is 2.05. The number of hydrogen-bond acceptors (Lipinski definition) is 4. The first-order chi connectivity index (χ1) is 10.6. The van der Waals surface area contributed by atoms with Crippen LogP contribution in [0.4, 0.5) is 8.78 Å². The number of nitrogens with one attached hydrogen (secondary N) is 2. The van der Waals surface area contributed by atoms with Crippen molar-refractivity contribution in [2.75, 3.05) is 0 Å². The Balaban J connectivity index is 2.41. The molecule has 2 aromatic rings. The molecule has 1 aromatic carbocycles. The van der Waals surface area contributed by atoms with Crippen LogP contribution in [0.3, 0.4) is 0 Å². The van der Waals surface area contributed by atoms with Crippen LogP contribution in [0.25, 0.3) is 0 Å². The van der Waals surface area contributed by atoms with Crippen LogP contribution < -0.4 is 4.72 Å². The monoisotopic (exact) mass is 344 g/mol. The molecule has 6 nitrogen and oxygen atoms in total. The minimum atomic E-state index is -4.20. The molecule has 0 aliphatic carbocycles. The summed E-state index contributed by atoms with van der Waals surface area (Å²) in [6.07, 6.45) is 0.